The average molecular weight is 302 g/mol. The van der Waals surface area contributed by atoms with Gasteiger partial charge in [-0.2, -0.15) is 0 Å². The van der Waals surface area contributed by atoms with E-state index in [1.807, 2.05) is 46.7 Å². The molecule has 2 heterocycles. The van der Waals surface area contributed by atoms with Gasteiger partial charge in [0.2, 0.25) is 5.91 Å². The molecule has 0 saturated carbocycles. The second-order valence-corrected chi connectivity index (χ2v) is 6.28. The van der Waals surface area contributed by atoms with Crippen LogP contribution in [-0.4, -0.2) is 16.8 Å². The predicted octanol–water partition coefficient (Wildman–Crippen LogP) is 2.77. The quantitative estimate of drug-likeness (QED) is 0.864. The van der Waals surface area contributed by atoms with E-state index >= 15 is 0 Å². The molecule has 1 amide bonds. The number of rotatable bonds is 5. The number of nitrogens with zero attached hydrogens (tertiary/aromatic N) is 1. The van der Waals surface area contributed by atoms with Gasteiger partial charge in [-0.25, -0.2) is 0 Å². The Bertz CT molecular complexity index is 568. The fraction of sp³-hybridized carbons (Fsp3) is 0.312. The van der Waals surface area contributed by atoms with E-state index in [-0.39, 0.29) is 17.9 Å². The number of thiophene rings is 1. The standard InChI is InChI=1S/C16H18N2O2S/c17-13-6-5-12(9-13)16(19)18(10-14-3-1-7-20-14)11-15-4-2-8-21-15/h1-8,12-13H,9-11,17H2. The van der Waals surface area contributed by atoms with Crippen molar-refractivity contribution in [3.8, 4) is 0 Å². The van der Waals surface area contributed by atoms with E-state index in [1.165, 1.54) is 4.88 Å². The van der Waals surface area contributed by atoms with Crippen LogP contribution in [0.25, 0.3) is 0 Å². The molecule has 2 atom stereocenters. The van der Waals surface area contributed by atoms with Gasteiger partial charge < -0.3 is 15.1 Å². The normalized spacial score (nSPS) is 20.8. The summed E-state index contributed by atoms with van der Waals surface area (Å²) in [4.78, 5) is 15.7. The monoisotopic (exact) mass is 302 g/mol. The first-order valence-electron chi connectivity index (χ1n) is 7.00. The molecule has 2 aromatic rings. The molecule has 0 spiro atoms. The smallest absolute Gasteiger partial charge is 0.230 e. The Hall–Kier alpha value is -1.85. The highest BCUT2D eigenvalue weighted by Crippen LogP contribution is 2.23. The number of nitrogens with two attached hydrogens (primary N) is 1. The highest BCUT2D eigenvalue weighted by Gasteiger charge is 2.27. The molecule has 3 rings (SSSR count). The highest BCUT2D eigenvalue weighted by atomic mass is 32.1. The summed E-state index contributed by atoms with van der Waals surface area (Å²) in [5.74, 6) is 0.796. The first-order valence-corrected chi connectivity index (χ1v) is 7.88. The molecule has 21 heavy (non-hydrogen) atoms. The number of amides is 1. The predicted molar refractivity (Wildman–Crippen MR) is 82.5 cm³/mol. The number of hydrogen-bond acceptors (Lipinski definition) is 4. The number of hydrogen-bond donors (Lipinski definition) is 1. The van der Waals surface area contributed by atoms with Gasteiger partial charge in [0, 0.05) is 10.9 Å². The third kappa shape index (κ3) is 3.43. The Balaban J connectivity index is 1.74. The lowest BCUT2D eigenvalue weighted by molar-refractivity contribution is -0.135. The summed E-state index contributed by atoms with van der Waals surface area (Å²) in [6.07, 6.45) is 6.17. The molecule has 5 heteroatoms. The van der Waals surface area contributed by atoms with Crippen molar-refractivity contribution in [1.29, 1.82) is 0 Å². The van der Waals surface area contributed by atoms with Crippen molar-refractivity contribution in [2.75, 3.05) is 0 Å². The maximum Gasteiger partial charge on any atom is 0.230 e. The lowest BCUT2D eigenvalue weighted by Crippen LogP contribution is -2.34. The summed E-state index contributed by atoms with van der Waals surface area (Å²) in [6, 6.07) is 7.77. The summed E-state index contributed by atoms with van der Waals surface area (Å²) in [7, 11) is 0. The minimum Gasteiger partial charge on any atom is -0.467 e. The Morgan fingerprint density at radius 2 is 2.24 bits per heavy atom. The van der Waals surface area contributed by atoms with Crippen LogP contribution in [0.3, 0.4) is 0 Å². The molecule has 1 aliphatic rings. The molecule has 0 radical (unpaired) electrons. The SMILES string of the molecule is NC1C=CC(C(=O)N(Cc2ccco2)Cc2cccs2)C1. The van der Waals surface area contributed by atoms with E-state index in [1.54, 1.807) is 17.6 Å². The van der Waals surface area contributed by atoms with Crippen molar-refractivity contribution in [3.05, 3.63) is 58.7 Å². The first kappa shape index (κ1) is 14.1. The van der Waals surface area contributed by atoms with Crippen LogP contribution in [0.2, 0.25) is 0 Å². The van der Waals surface area contributed by atoms with Crippen LogP contribution >= 0.6 is 11.3 Å². The van der Waals surface area contributed by atoms with Crippen LogP contribution in [0.4, 0.5) is 0 Å². The maximum absolute atomic E-state index is 12.7. The summed E-state index contributed by atoms with van der Waals surface area (Å²) in [5, 5.41) is 2.02. The van der Waals surface area contributed by atoms with Crippen LogP contribution < -0.4 is 5.73 Å². The third-order valence-electron chi connectivity index (χ3n) is 3.60. The molecule has 2 unspecified atom stereocenters. The fourth-order valence-electron chi connectivity index (χ4n) is 2.54. The Labute approximate surface area is 127 Å². The van der Waals surface area contributed by atoms with E-state index in [9.17, 15) is 4.79 Å². The maximum atomic E-state index is 12.7. The van der Waals surface area contributed by atoms with Gasteiger partial charge in [0.05, 0.1) is 25.3 Å². The molecule has 0 bridgehead atoms. The Morgan fingerprint density at radius 3 is 2.86 bits per heavy atom. The zero-order valence-electron chi connectivity index (χ0n) is 11.6. The summed E-state index contributed by atoms with van der Waals surface area (Å²) < 4.78 is 5.38. The van der Waals surface area contributed by atoms with Gasteiger partial charge in [-0.15, -0.1) is 11.3 Å². The Kier molecular flexibility index (Phi) is 4.22. The molecule has 4 nitrogen and oxygen atoms in total. The Morgan fingerprint density at radius 1 is 1.33 bits per heavy atom. The van der Waals surface area contributed by atoms with E-state index in [4.69, 9.17) is 10.2 Å². The topological polar surface area (TPSA) is 59.5 Å². The van der Waals surface area contributed by atoms with Gasteiger partial charge in [0.1, 0.15) is 5.76 Å². The zero-order chi connectivity index (χ0) is 14.7. The van der Waals surface area contributed by atoms with Gasteiger partial charge in [-0.3, -0.25) is 4.79 Å². The second kappa shape index (κ2) is 6.28. The molecule has 2 aromatic heterocycles. The van der Waals surface area contributed by atoms with Crippen molar-refractivity contribution in [2.45, 2.75) is 25.6 Å². The largest absolute Gasteiger partial charge is 0.467 e. The zero-order valence-corrected chi connectivity index (χ0v) is 12.5. The molecular formula is C16H18N2O2S. The van der Waals surface area contributed by atoms with Crippen molar-refractivity contribution in [1.82, 2.24) is 4.90 Å². The minimum atomic E-state index is -0.116. The van der Waals surface area contributed by atoms with Crippen molar-refractivity contribution < 1.29 is 9.21 Å². The minimum absolute atomic E-state index is 0.00819. The van der Waals surface area contributed by atoms with Crippen LogP contribution in [0.5, 0.6) is 0 Å². The molecular weight excluding hydrogens is 284 g/mol. The number of carbonyl (C=O) groups is 1. The van der Waals surface area contributed by atoms with Crippen LogP contribution in [0.1, 0.15) is 17.1 Å². The lowest BCUT2D eigenvalue weighted by Gasteiger charge is -2.24. The molecule has 0 fully saturated rings. The van der Waals surface area contributed by atoms with Gasteiger partial charge >= 0.3 is 0 Å². The van der Waals surface area contributed by atoms with Gasteiger partial charge in [0.25, 0.3) is 0 Å². The average Bonchev–Trinajstić information content (AvgIpc) is 3.19. The molecule has 110 valence electrons. The molecule has 1 aliphatic carbocycles. The lowest BCUT2D eigenvalue weighted by atomic mass is 10.1. The number of carbonyl (C=O) groups excluding carboxylic acids is 1. The molecule has 0 aliphatic heterocycles. The fourth-order valence-corrected chi connectivity index (χ4v) is 3.26. The van der Waals surface area contributed by atoms with Gasteiger partial charge in [0.15, 0.2) is 0 Å². The van der Waals surface area contributed by atoms with Crippen molar-refractivity contribution >= 4 is 17.2 Å². The van der Waals surface area contributed by atoms with E-state index < -0.39 is 0 Å². The molecule has 0 aromatic carbocycles. The van der Waals surface area contributed by atoms with Gasteiger partial charge in [-0.1, -0.05) is 18.2 Å². The van der Waals surface area contributed by atoms with Crippen LogP contribution in [-0.2, 0) is 17.9 Å². The second-order valence-electron chi connectivity index (χ2n) is 5.24. The van der Waals surface area contributed by atoms with Crippen molar-refractivity contribution in [2.24, 2.45) is 11.7 Å². The van der Waals surface area contributed by atoms with E-state index in [0.717, 1.165) is 5.76 Å². The molecule has 2 N–H and O–H groups in total. The third-order valence-corrected chi connectivity index (χ3v) is 4.46. The summed E-state index contributed by atoms with van der Waals surface area (Å²) in [5.41, 5.74) is 5.86. The first-order chi connectivity index (χ1) is 10.2. The van der Waals surface area contributed by atoms with E-state index in [0.29, 0.717) is 19.5 Å². The van der Waals surface area contributed by atoms with Gasteiger partial charge in [-0.05, 0) is 30.0 Å². The highest BCUT2D eigenvalue weighted by molar-refractivity contribution is 7.09. The molecule has 0 saturated heterocycles. The summed E-state index contributed by atoms with van der Waals surface area (Å²) in [6.45, 7) is 1.10. The number of furan rings is 1. The summed E-state index contributed by atoms with van der Waals surface area (Å²) >= 11 is 1.66. The van der Waals surface area contributed by atoms with Crippen LogP contribution in [0, 0.1) is 5.92 Å². The van der Waals surface area contributed by atoms with Crippen molar-refractivity contribution in [3.63, 3.8) is 0 Å². The van der Waals surface area contributed by atoms with Crippen LogP contribution in [0.15, 0.2) is 52.5 Å². The van der Waals surface area contributed by atoms with E-state index in [2.05, 4.69) is 0 Å².